The Kier molecular flexibility index (Phi) is 6.16. The highest BCUT2D eigenvalue weighted by atomic mass is 28.3. The third-order valence-electron chi connectivity index (χ3n) is 2.86. The predicted octanol–water partition coefficient (Wildman–Crippen LogP) is 2.23. The van der Waals surface area contributed by atoms with Crippen molar-refractivity contribution in [3.05, 3.63) is 12.7 Å². The van der Waals surface area contributed by atoms with Gasteiger partial charge in [-0.25, -0.2) is 0 Å². The van der Waals surface area contributed by atoms with Crippen LogP contribution < -0.4 is 0 Å². The molecule has 0 fully saturated rings. The Hall–Kier alpha value is -1.10. The minimum atomic E-state index is -1.50. The van der Waals surface area contributed by atoms with Gasteiger partial charge in [-0.1, -0.05) is 25.7 Å². The Morgan fingerprint density at radius 1 is 1.18 bits per heavy atom. The molecule has 0 bridgehead atoms. The number of methoxy groups -OCH3 is 2. The average molecular weight is 258 g/mol. The summed E-state index contributed by atoms with van der Waals surface area (Å²) in [6, 6.07) is 0. The zero-order valence-corrected chi connectivity index (χ0v) is 12.3. The molecule has 0 saturated heterocycles. The van der Waals surface area contributed by atoms with Crippen molar-refractivity contribution in [3.63, 3.8) is 0 Å². The first-order chi connectivity index (χ1) is 7.77. The van der Waals surface area contributed by atoms with E-state index in [0.29, 0.717) is 6.42 Å². The van der Waals surface area contributed by atoms with Gasteiger partial charge in [0.15, 0.2) is 5.92 Å². The first-order valence-electron chi connectivity index (χ1n) is 5.56. The Labute approximate surface area is 104 Å². The maximum absolute atomic E-state index is 11.5. The lowest BCUT2D eigenvalue weighted by Crippen LogP contribution is -2.34. The molecule has 98 valence electrons. The highest BCUT2D eigenvalue weighted by Crippen LogP contribution is 2.30. The molecular weight excluding hydrogens is 236 g/mol. The topological polar surface area (TPSA) is 52.6 Å². The molecule has 0 aromatic heterocycles. The van der Waals surface area contributed by atoms with Crippen molar-refractivity contribution >= 4 is 20.0 Å². The van der Waals surface area contributed by atoms with E-state index in [1.807, 2.05) is 6.08 Å². The van der Waals surface area contributed by atoms with E-state index < -0.39 is 25.9 Å². The number of hydrogen-bond acceptors (Lipinski definition) is 4. The van der Waals surface area contributed by atoms with Crippen LogP contribution in [0.1, 0.15) is 6.42 Å². The molecule has 0 amide bonds. The van der Waals surface area contributed by atoms with Crippen molar-refractivity contribution < 1.29 is 19.1 Å². The number of hydrogen-bond donors (Lipinski definition) is 0. The largest absolute Gasteiger partial charge is 0.468 e. The number of rotatable bonds is 6. The summed E-state index contributed by atoms with van der Waals surface area (Å²) in [6.07, 6.45) is 2.24. The summed E-state index contributed by atoms with van der Waals surface area (Å²) in [5.74, 6) is -1.93. The molecule has 1 unspecified atom stereocenters. The Morgan fingerprint density at radius 3 is 1.82 bits per heavy atom. The molecule has 0 heterocycles. The third-order valence-corrected chi connectivity index (χ3v) is 5.55. The Bertz CT molecular complexity index is 277. The zero-order chi connectivity index (χ0) is 13.6. The first-order valence-corrected chi connectivity index (χ1v) is 9.13. The summed E-state index contributed by atoms with van der Waals surface area (Å²) >= 11 is 0. The van der Waals surface area contributed by atoms with Gasteiger partial charge in [-0.05, 0) is 12.0 Å². The highest BCUT2D eigenvalue weighted by Gasteiger charge is 2.35. The Balaban J connectivity index is 4.91. The van der Waals surface area contributed by atoms with Crippen LogP contribution in [0.15, 0.2) is 12.7 Å². The van der Waals surface area contributed by atoms with Gasteiger partial charge in [0.05, 0.1) is 22.3 Å². The van der Waals surface area contributed by atoms with Crippen LogP contribution in [0.5, 0.6) is 0 Å². The minimum absolute atomic E-state index is 0.172. The van der Waals surface area contributed by atoms with Gasteiger partial charge in [-0.15, -0.1) is 6.58 Å². The average Bonchev–Trinajstić information content (AvgIpc) is 2.26. The SMILES string of the molecule is C=CC(CC(C(=O)OC)C(=O)OC)[Si](C)(C)C. The molecule has 0 aliphatic rings. The third kappa shape index (κ3) is 4.73. The van der Waals surface area contributed by atoms with Crippen molar-refractivity contribution in [2.24, 2.45) is 5.92 Å². The second-order valence-electron chi connectivity index (χ2n) is 5.04. The molecule has 0 aromatic carbocycles. The standard InChI is InChI=1S/C12H22O4Si/c1-7-9(17(4,5)6)8-10(11(13)15-2)12(14)16-3/h7,9-10H,1,8H2,2-6H3. The van der Waals surface area contributed by atoms with E-state index in [1.165, 1.54) is 14.2 Å². The van der Waals surface area contributed by atoms with E-state index in [9.17, 15) is 9.59 Å². The summed E-state index contributed by atoms with van der Waals surface area (Å²) in [4.78, 5) is 23.1. The fourth-order valence-corrected chi connectivity index (χ4v) is 3.28. The summed E-state index contributed by atoms with van der Waals surface area (Å²) in [7, 11) is 1.05. The van der Waals surface area contributed by atoms with E-state index in [4.69, 9.17) is 0 Å². The molecule has 1 atom stereocenters. The maximum Gasteiger partial charge on any atom is 0.320 e. The number of carbonyl (C=O) groups is 2. The van der Waals surface area contributed by atoms with Crippen LogP contribution in [0.25, 0.3) is 0 Å². The van der Waals surface area contributed by atoms with E-state index in [1.54, 1.807) is 0 Å². The first kappa shape index (κ1) is 15.9. The molecule has 17 heavy (non-hydrogen) atoms. The van der Waals surface area contributed by atoms with Crippen molar-refractivity contribution in [3.8, 4) is 0 Å². The van der Waals surface area contributed by atoms with Gasteiger partial charge in [0.1, 0.15) is 0 Å². The second-order valence-corrected chi connectivity index (χ2v) is 10.5. The molecule has 4 nitrogen and oxygen atoms in total. The van der Waals surface area contributed by atoms with Crippen molar-refractivity contribution in [2.45, 2.75) is 31.6 Å². The van der Waals surface area contributed by atoms with Crippen LogP contribution >= 0.6 is 0 Å². The van der Waals surface area contributed by atoms with Gasteiger partial charge in [-0.3, -0.25) is 9.59 Å². The fraction of sp³-hybridized carbons (Fsp3) is 0.667. The van der Waals surface area contributed by atoms with Crippen molar-refractivity contribution in [1.29, 1.82) is 0 Å². The maximum atomic E-state index is 11.5. The lowest BCUT2D eigenvalue weighted by molar-refractivity contribution is -0.159. The summed E-state index contributed by atoms with van der Waals surface area (Å²) in [5.41, 5.74) is 0.172. The van der Waals surface area contributed by atoms with Gasteiger partial charge in [-0.2, -0.15) is 0 Å². The van der Waals surface area contributed by atoms with Gasteiger partial charge in [0, 0.05) is 0 Å². The summed E-state index contributed by atoms with van der Waals surface area (Å²) in [6.45, 7) is 10.3. The number of ether oxygens (including phenoxy) is 2. The monoisotopic (exact) mass is 258 g/mol. The van der Waals surface area contributed by atoms with Crippen LogP contribution in [0, 0.1) is 5.92 Å². The molecule has 5 heteroatoms. The molecule has 0 aliphatic heterocycles. The predicted molar refractivity (Wildman–Crippen MR) is 69.4 cm³/mol. The zero-order valence-electron chi connectivity index (χ0n) is 11.3. The number of carbonyl (C=O) groups excluding carboxylic acids is 2. The molecule has 0 saturated carbocycles. The fourth-order valence-electron chi connectivity index (χ4n) is 1.63. The van der Waals surface area contributed by atoms with Gasteiger partial charge < -0.3 is 9.47 Å². The minimum Gasteiger partial charge on any atom is -0.468 e. The summed E-state index contributed by atoms with van der Waals surface area (Å²) in [5, 5.41) is 0. The van der Waals surface area contributed by atoms with Gasteiger partial charge >= 0.3 is 11.9 Å². The van der Waals surface area contributed by atoms with E-state index >= 15 is 0 Å². The van der Waals surface area contributed by atoms with E-state index in [0.717, 1.165) is 0 Å². The molecule has 0 N–H and O–H groups in total. The van der Waals surface area contributed by atoms with Crippen molar-refractivity contribution in [2.75, 3.05) is 14.2 Å². The second kappa shape index (κ2) is 6.59. The highest BCUT2D eigenvalue weighted by molar-refractivity contribution is 6.78. The number of esters is 2. The van der Waals surface area contributed by atoms with Crippen LogP contribution in [-0.2, 0) is 19.1 Å². The van der Waals surface area contributed by atoms with Crippen LogP contribution in [-0.4, -0.2) is 34.2 Å². The van der Waals surface area contributed by atoms with Crippen LogP contribution in [0.2, 0.25) is 25.2 Å². The quantitative estimate of drug-likeness (QED) is 0.317. The smallest absolute Gasteiger partial charge is 0.320 e. The number of allylic oxidation sites excluding steroid dienone is 1. The van der Waals surface area contributed by atoms with Gasteiger partial charge in [0.25, 0.3) is 0 Å². The summed E-state index contributed by atoms with van der Waals surface area (Å²) < 4.78 is 9.27. The van der Waals surface area contributed by atoms with Gasteiger partial charge in [0.2, 0.25) is 0 Å². The van der Waals surface area contributed by atoms with E-state index in [2.05, 4.69) is 35.7 Å². The Morgan fingerprint density at radius 2 is 1.59 bits per heavy atom. The van der Waals surface area contributed by atoms with Crippen molar-refractivity contribution in [1.82, 2.24) is 0 Å². The lowest BCUT2D eigenvalue weighted by Gasteiger charge is -2.27. The molecule has 0 aromatic rings. The molecular formula is C12H22O4Si. The molecule has 0 spiro atoms. The lowest BCUT2D eigenvalue weighted by atomic mass is 10.0. The molecule has 0 radical (unpaired) electrons. The van der Waals surface area contributed by atoms with Crippen LogP contribution in [0.3, 0.4) is 0 Å². The normalized spacial score (nSPS) is 13.1. The molecule has 0 rings (SSSR count). The van der Waals surface area contributed by atoms with E-state index in [-0.39, 0.29) is 5.54 Å². The van der Waals surface area contributed by atoms with Crippen LogP contribution in [0.4, 0.5) is 0 Å². The molecule has 0 aliphatic carbocycles.